The summed E-state index contributed by atoms with van der Waals surface area (Å²) >= 11 is 0. The van der Waals surface area contributed by atoms with Crippen LogP contribution in [0.5, 0.6) is 0 Å². The minimum atomic E-state index is 0.645. The fourth-order valence-electron chi connectivity index (χ4n) is 3.77. The Hall–Kier alpha value is -0.0400. The summed E-state index contributed by atoms with van der Waals surface area (Å²) in [5.74, 6) is 1.91. The van der Waals surface area contributed by atoms with Crippen LogP contribution in [0.4, 0.5) is 0 Å². The number of hydrogen-bond donors (Lipinski definition) is 1. The van der Waals surface area contributed by atoms with Gasteiger partial charge in [-0.2, -0.15) is 0 Å². The van der Waals surface area contributed by atoms with E-state index in [2.05, 4.69) is 26.1 Å². The third kappa shape index (κ3) is 4.28. The molecule has 2 fully saturated rings. The Kier molecular flexibility index (Phi) is 4.52. The van der Waals surface area contributed by atoms with Crippen molar-refractivity contribution in [3.05, 3.63) is 0 Å². The third-order valence-electron chi connectivity index (χ3n) is 4.71. The number of nitrogens with one attached hydrogen (secondary N) is 1. The lowest BCUT2D eigenvalue weighted by atomic mass is 9.78. The van der Waals surface area contributed by atoms with Crippen LogP contribution in [-0.2, 0) is 0 Å². The van der Waals surface area contributed by atoms with Crippen LogP contribution in [0.3, 0.4) is 0 Å². The maximum Gasteiger partial charge on any atom is 0.00415 e. The highest BCUT2D eigenvalue weighted by atomic mass is 14.9. The van der Waals surface area contributed by atoms with Crippen molar-refractivity contribution in [1.29, 1.82) is 0 Å². The van der Waals surface area contributed by atoms with E-state index in [-0.39, 0.29) is 0 Å². The van der Waals surface area contributed by atoms with Gasteiger partial charge in [-0.3, -0.25) is 0 Å². The van der Waals surface area contributed by atoms with Crippen LogP contribution in [0.2, 0.25) is 0 Å². The van der Waals surface area contributed by atoms with E-state index in [0.29, 0.717) is 5.41 Å². The molecule has 0 aromatic rings. The maximum absolute atomic E-state index is 3.84. The second-order valence-electron chi connectivity index (χ2n) is 7.27. The van der Waals surface area contributed by atoms with Crippen molar-refractivity contribution in [1.82, 2.24) is 5.32 Å². The molecule has 0 aromatic heterocycles. The van der Waals surface area contributed by atoms with E-state index in [9.17, 15) is 0 Å². The van der Waals surface area contributed by atoms with Gasteiger partial charge < -0.3 is 5.32 Å². The average molecular weight is 237 g/mol. The van der Waals surface area contributed by atoms with Gasteiger partial charge in [0.1, 0.15) is 0 Å². The van der Waals surface area contributed by atoms with E-state index in [1.165, 1.54) is 57.9 Å². The highest BCUT2D eigenvalue weighted by Gasteiger charge is 2.34. The SMILES string of the molecule is CC(C)CC1(CNC(C)CC2CC2)CCCC1. The molecule has 0 saturated heterocycles. The van der Waals surface area contributed by atoms with Crippen LogP contribution in [0, 0.1) is 17.3 Å². The van der Waals surface area contributed by atoms with Crippen molar-refractivity contribution in [2.24, 2.45) is 17.3 Å². The van der Waals surface area contributed by atoms with E-state index >= 15 is 0 Å². The molecule has 1 unspecified atom stereocenters. The van der Waals surface area contributed by atoms with Crippen LogP contribution in [0.15, 0.2) is 0 Å². The van der Waals surface area contributed by atoms with Crippen LogP contribution in [0.25, 0.3) is 0 Å². The first-order valence-electron chi connectivity index (χ1n) is 7.83. The predicted octanol–water partition coefficient (Wildman–Crippen LogP) is 4.37. The highest BCUT2D eigenvalue weighted by Crippen LogP contribution is 2.43. The van der Waals surface area contributed by atoms with Gasteiger partial charge in [0.25, 0.3) is 0 Å². The summed E-state index contributed by atoms with van der Waals surface area (Å²) in [6.45, 7) is 8.43. The normalized spacial score (nSPS) is 25.4. The molecule has 0 radical (unpaired) electrons. The molecule has 2 rings (SSSR count). The lowest BCUT2D eigenvalue weighted by molar-refractivity contribution is 0.214. The van der Waals surface area contributed by atoms with E-state index in [1.54, 1.807) is 0 Å². The Morgan fingerprint density at radius 2 is 1.76 bits per heavy atom. The summed E-state index contributed by atoms with van der Waals surface area (Å²) in [4.78, 5) is 0. The molecule has 2 saturated carbocycles. The molecule has 1 N–H and O–H groups in total. The van der Waals surface area contributed by atoms with Gasteiger partial charge in [-0.15, -0.1) is 0 Å². The summed E-state index contributed by atoms with van der Waals surface area (Å²) in [5.41, 5.74) is 0.645. The average Bonchev–Trinajstić information content (AvgIpc) is 2.94. The topological polar surface area (TPSA) is 12.0 Å². The van der Waals surface area contributed by atoms with Gasteiger partial charge >= 0.3 is 0 Å². The lowest BCUT2D eigenvalue weighted by Gasteiger charge is -2.32. The van der Waals surface area contributed by atoms with Gasteiger partial charge in [-0.25, -0.2) is 0 Å². The molecule has 1 nitrogen and oxygen atoms in total. The quantitative estimate of drug-likeness (QED) is 0.693. The first-order valence-corrected chi connectivity index (χ1v) is 7.83. The van der Waals surface area contributed by atoms with E-state index in [4.69, 9.17) is 0 Å². The van der Waals surface area contributed by atoms with Gasteiger partial charge in [0.2, 0.25) is 0 Å². The van der Waals surface area contributed by atoms with Crippen molar-refractivity contribution < 1.29 is 0 Å². The number of rotatable bonds is 7. The Balaban J connectivity index is 1.76. The highest BCUT2D eigenvalue weighted by molar-refractivity contribution is 4.89. The second kappa shape index (κ2) is 5.73. The summed E-state index contributed by atoms with van der Waals surface area (Å²) in [5, 5.41) is 3.84. The molecular formula is C16H31N. The zero-order valence-corrected chi connectivity index (χ0v) is 12.1. The Morgan fingerprint density at radius 1 is 1.12 bits per heavy atom. The van der Waals surface area contributed by atoms with Crippen molar-refractivity contribution in [2.75, 3.05) is 6.54 Å². The fraction of sp³-hybridized carbons (Fsp3) is 1.00. The molecule has 0 bridgehead atoms. The zero-order chi connectivity index (χ0) is 12.3. The fourth-order valence-corrected chi connectivity index (χ4v) is 3.77. The standard InChI is InChI=1S/C16H31N/c1-13(2)11-16(8-4-5-9-16)12-17-14(3)10-15-6-7-15/h13-15,17H,4-12H2,1-3H3. The molecule has 0 spiro atoms. The van der Waals surface area contributed by atoms with Gasteiger partial charge in [0.15, 0.2) is 0 Å². The molecule has 0 heterocycles. The van der Waals surface area contributed by atoms with Crippen LogP contribution in [-0.4, -0.2) is 12.6 Å². The molecule has 1 atom stereocenters. The van der Waals surface area contributed by atoms with Gasteiger partial charge in [0, 0.05) is 12.6 Å². The van der Waals surface area contributed by atoms with Crippen LogP contribution in [0.1, 0.15) is 72.1 Å². The lowest BCUT2D eigenvalue weighted by Crippen LogP contribution is -2.38. The van der Waals surface area contributed by atoms with Gasteiger partial charge in [0.05, 0.1) is 0 Å². The summed E-state index contributed by atoms with van der Waals surface area (Å²) in [6.07, 6.45) is 11.7. The monoisotopic (exact) mass is 237 g/mol. The van der Waals surface area contributed by atoms with Crippen molar-refractivity contribution >= 4 is 0 Å². The predicted molar refractivity (Wildman–Crippen MR) is 75.2 cm³/mol. The molecule has 1 heteroatoms. The van der Waals surface area contributed by atoms with Crippen LogP contribution < -0.4 is 5.32 Å². The largest absolute Gasteiger partial charge is 0.314 e. The maximum atomic E-state index is 3.84. The van der Waals surface area contributed by atoms with E-state index in [0.717, 1.165) is 17.9 Å². The van der Waals surface area contributed by atoms with Crippen molar-refractivity contribution in [3.8, 4) is 0 Å². The molecule has 2 aliphatic carbocycles. The molecular weight excluding hydrogens is 206 g/mol. The van der Waals surface area contributed by atoms with Crippen LogP contribution >= 0.6 is 0 Å². The molecule has 100 valence electrons. The molecule has 2 aliphatic rings. The molecule has 17 heavy (non-hydrogen) atoms. The van der Waals surface area contributed by atoms with Gasteiger partial charge in [-0.05, 0) is 49.9 Å². The summed E-state index contributed by atoms with van der Waals surface area (Å²) in [7, 11) is 0. The first-order chi connectivity index (χ1) is 8.10. The second-order valence-corrected chi connectivity index (χ2v) is 7.27. The Labute approximate surface area is 108 Å². The minimum absolute atomic E-state index is 0.645. The van der Waals surface area contributed by atoms with Gasteiger partial charge in [-0.1, -0.05) is 39.5 Å². The van der Waals surface area contributed by atoms with E-state index < -0.39 is 0 Å². The molecule has 0 amide bonds. The Morgan fingerprint density at radius 3 is 2.29 bits per heavy atom. The van der Waals surface area contributed by atoms with Crippen molar-refractivity contribution in [3.63, 3.8) is 0 Å². The first kappa shape index (κ1) is 13.4. The molecule has 0 aromatic carbocycles. The smallest absolute Gasteiger partial charge is 0.00415 e. The Bertz CT molecular complexity index is 224. The minimum Gasteiger partial charge on any atom is -0.314 e. The number of hydrogen-bond acceptors (Lipinski definition) is 1. The third-order valence-corrected chi connectivity index (χ3v) is 4.71. The van der Waals surface area contributed by atoms with Crippen molar-refractivity contribution in [2.45, 2.75) is 78.2 Å². The van der Waals surface area contributed by atoms with E-state index in [1.807, 2.05) is 0 Å². The molecule has 0 aliphatic heterocycles. The summed E-state index contributed by atoms with van der Waals surface area (Å²) in [6, 6.07) is 0.743. The summed E-state index contributed by atoms with van der Waals surface area (Å²) < 4.78 is 0. The zero-order valence-electron chi connectivity index (χ0n) is 12.1.